The van der Waals surface area contributed by atoms with Crippen molar-refractivity contribution in [3.8, 4) is 0 Å². The Morgan fingerprint density at radius 3 is 2.85 bits per heavy atom. The molecule has 1 heterocycles. The van der Waals surface area contributed by atoms with Crippen molar-refractivity contribution in [2.24, 2.45) is 5.11 Å². The van der Waals surface area contributed by atoms with Gasteiger partial charge in [0.25, 0.3) is 0 Å². The van der Waals surface area contributed by atoms with Gasteiger partial charge >= 0.3 is 6.09 Å². The van der Waals surface area contributed by atoms with Crippen molar-refractivity contribution >= 4 is 6.09 Å². The zero-order chi connectivity index (χ0) is 15.2. The maximum atomic E-state index is 14.7. The van der Waals surface area contributed by atoms with Crippen LogP contribution in [0.3, 0.4) is 0 Å². The lowest BCUT2D eigenvalue weighted by molar-refractivity contribution is -0.00788. The molecule has 0 aromatic heterocycles. The van der Waals surface area contributed by atoms with Gasteiger partial charge in [0.2, 0.25) is 0 Å². The van der Waals surface area contributed by atoms with Crippen molar-refractivity contribution < 1.29 is 13.9 Å². The number of azide groups is 1. The summed E-state index contributed by atoms with van der Waals surface area (Å²) in [5, 5.41) is 3.40. The van der Waals surface area contributed by atoms with Gasteiger partial charge in [-0.25, -0.2) is 9.18 Å². The van der Waals surface area contributed by atoms with Crippen molar-refractivity contribution in [2.75, 3.05) is 19.6 Å². The normalized spacial score (nSPS) is 23.1. The number of nitrogens with zero attached hydrogens (tertiary/aromatic N) is 4. The summed E-state index contributed by atoms with van der Waals surface area (Å²) >= 11 is 0. The molecule has 1 amide bonds. The number of rotatable bonds is 4. The summed E-state index contributed by atoms with van der Waals surface area (Å²) in [6.07, 6.45) is 1.38. The molecule has 20 heavy (non-hydrogen) atoms. The number of halogens is 1. The highest BCUT2D eigenvalue weighted by Gasteiger charge is 2.38. The van der Waals surface area contributed by atoms with E-state index in [9.17, 15) is 9.18 Å². The summed E-state index contributed by atoms with van der Waals surface area (Å²) in [4.78, 5) is 16.0. The summed E-state index contributed by atoms with van der Waals surface area (Å²) in [6.45, 7) is 6.23. The number of carbonyl (C=O) groups is 1. The molecular formula is C13H23FN4O2. The first-order valence-corrected chi connectivity index (χ1v) is 6.93. The van der Waals surface area contributed by atoms with Crippen LogP contribution in [0.5, 0.6) is 0 Å². The van der Waals surface area contributed by atoms with E-state index in [-0.39, 0.29) is 13.1 Å². The van der Waals surface area contributed by atoms with E-state index >= 15 is 0 Å². The monoisotopic (exact) mass is 286 g/mol. The molecule has 1 atom stereocenters. The maximum Gasteiger partial charge on any atom is 0.410 e. The standard InChI is InChI=1S/C13H23FN4O2/c1-12(2,3)20-11(19)18-9-5-7-13(14,10-18)6-4-8-16-17-15/h4-10H2,1-3H3. The van der Waals surface area contributed by atoms with Gasteiger partial charge in [0.15, 0.2) is 0 Å². The minimum atomic E-state index is -1.40. The fourth-order valence-corrected chi connectivity index (χ4v) is 2.28. The van der Waals surface area contributed by atoms with Crippen molar-refractivity contribution in [3.63, 3.8) is 0 Å². The SMILES string of the molecule is CC(C)(C)OC(=O)N1CCCC(F)(CCCN=[N+]=[N-])C1. The van der Waals surface area contributed by atoms with Crippen LogP contribution in [0, 0.1) is 0 Å². The second-order valence-electron chi connectivity index (χ2n) is 6.21. The Kier molecular flexibility index (Phi) is 5.62. The first-order chi connectivity index (χ1) is 9.26. The summed E-state index contributed by atoms with van der Waals surface area (Å²) < 4.78 is 19.9. The van der Waals surface area contributed by atoms with E-state index in [4.69, 9.17) is 10.3 Å². The Bertz CT molecular complexity index is 390. The lowest BCUT2D eigenvalue weighted by Gasteiger charge is -2.38. The summed E-state index contributed by atoms with van der Waals surface area (Å²) in [7, 11) is 0. The molecule has 0 spiro atoms. The summed E-state index contributed by atoms with van der Waals surface area (Å²) in [6, 6.07) is 0. The third-order valence-electron chi connectivity index (χ3n) is 3.12. The Hall–Kier alpha value is -1.49. The topological polar surface area (TPSA) is 78.3 Å². The van der Waals surface area contributed by atoms with Crippen molar-refractivity contribution in [3.05, 3.63) is 10.4 Å². The van der Waals surface area contributed by atoms with Crippen LogP contribution in [0.1, 0.15) is 46.5 Å². The predicted molar refractivity (Wildman–Crippen MR) is 74.1 cm³/mol. The highest BCUT2D eigenvalue weighted by molar-refractivity contribution is 5.68. The number of carbonyl (C=O) groups excluding carboxylic acids is 1. The van der Waals surface area contributed by atoms with E-state index < -0.39 is 17.4 Å². The molecule has 0 saturated carbocycles. The Labute approximate surface area is 118 Å². The van der Waals surface area contributed by atoms with E-state index in [1.54, 1.807) is 20.8 Å². The van der Waals surface area contributed by atoms with Gasteiger partial charge in [0.1, 0.15) is 11.3 Å². The second kappa shape index (κ2) is 6.79. The van der Waals surface area contributed by atoms with E-state index in [2.05, 4.69) is 10.0 Å². The van der Waals surface area contributed by atoms with E-state index in [0.717, 1.165) is 0 Å². The van der Waals surface area contributed by atoms with Crippen LogP contribution in [-0.4, -0.2) is 41.9 Å². The zero-order valence-electron chi connectivity index (χ0n) is 12.4. The molecule has 6 nitrogen and oxygen atoms in total. The van der Waals surface area contributed by atoms with Gasteiger partial charge in [-0.15, -0.1) is 0 Å². The minimum absolute atomic E-state index is 0.0538. The van der Waals surface area contributed by atoms with Crippen molar-refractivity contribution in [2.45, 2.75) is 57.7 Å². The molecule has 114 valence electrons. The summed E-state index contributed by atoms with van der Waals surface area (Å²) in [5.41, 5.74) is 6.21. The van der Waals surface area contributed by atoms with Gasteiger partial charge in [-0.05, 0) is 52.0 Å². The molecule has 1 aliphatic rings. The Morgan fingerprint density at radius 2 is 2.25 bits per heavy atom. The van der Waals surface area contributed by atoms with Crippen molar-refractivity contribution in [1.82, 2.24) is 4.90 Å². The van der Waals surface area contributed by atoms with Gasteiger partial charge in [0.05, 0.1) is 6.54 Å². The molecule has 0 radical (unpaired) electrons. The average molecular weight is 286 g/mol. The molecule has 1 saturated heterocycles. The van der Waals surface area contributed by atoms with Crippen molar-refractivity contribution in [1.29, 1.82) is 0 Å². The molecule has 0 N–H and O–H groups in total. The Balaban J connectivity index is 2.52. The number of hydrogen-bond acceptors (Lipinski definition) is 3. The number of likely N-dealkylation sites (tertiary alicyclic amines) is 1. The highest BCUT2D eigenvalue weighted by atomic mass is 19.1. The van der Waals surface area contributed by atoms with Crippen LogP contribution in [0.25, 0.3) is 10.4 Å². The predicted octanol–water partition coefficient (Wildman–Crippen LogP) is 3.82. The van der Waals surface area contributed by atoms with Gasteiger partial charge in [-0.1, -0.05) is 5.11 Å². The smallest absolute Gasteiger partial charge is 0.410 e. The molecule has 7 heteroatoms. The molecule has 1 rings (SSSR count). The minimum Gasteiger partial charge on any atom is -0.444 e. The largest absolute Gasteiger partial charge is 0.444 e. The molecule has 0 aliphatic carbocycles. The van der Waals surface area contributed by atoms with Crippen LogP contribution in [-0.2, 0) is 4.74 Å². The highest BCUT2D eigenvalue weighted by Crippen LogP contribution is 2.30. The molecule has 0 aromatic carbocycles. The molecule has 0 aromatic rings. The van der Waals surface area contributed by atoms with Gasteiger partial charge in [0, 0.05) is 18.0 Å². The fraction of sp³-hybridized carbons (Fsp3) is 0.923. The number of ether oxygens (including phenoxy) is 1. The fourth-order valence-electron chi connectivity index (χ4n) is 2.28. The van der Waals surface area contributed by atoms with E-state index in [1.165, 1.54) is 4.90 Å². The molecule has 1 fully saturated rings. The van der Waals surface area contributed by atoms with Crippen LogP contribution in [0.4, 0.5) is 9.18 Å². The molecule has 1 aliphatic heterocycles. The maximum absolute atomic E-state index is 14.7. The van der Waals surface area contributed by atoms with Gasteiger partial charge < -0.3 is 9.64 Å². The number of piperidine rings is 1. The lowest BCUT2D eigenvalue weighted by atomic mass is 9.90. The zero-order valence-corrected chi connectivity index (χ0v) is 12.4. The van der Waals surface area contributed by atoms with E-state index in [1.807, 2.05) is 0 Å². The summed E-state index contributed by atoms with van der Waals surface area (Å²) in [5.74, 6) is 0. The molecular weight excluding hydrogens is 263 g/mol. The molecule has 1 unspecified atom stereocenters. The third kappa shape index (κ3) is 5.65. The van der Waals surface area contributed by atoms with Crippen LogP contribution >= 0.6 is 0 Å². The van der Waals surface area contributed by atoms with Crippen LogP contribution < -0.4 is 0 Å². The average Bonchev–Trinajstić information content (AvgIpc) is 2.33. The van der Waals surface area contributed by atoms with Crippen LogP contribution in [0.2, 0.25) is 0 Å². The lowest BCUT2D eigenvalue weighted by Crippen LogP contribution is -2.49. The molecule has 0 bridgehead atoms. The third-order valence-corrected chi connectivity index (χ3v) is 3.12. The van der Waals surface area contributed by atoms with E-state index in [0.29, 0.717) is 32.2 Å². The number of amides is 1. The first kappa shape index (κ1) is 16.6. The van der Waals surface area contributed by atoms with Crippen LogP contribution in [0.15, 0.2) is 5.11 Å². The number of hydrogen-bond donors (Lipinski definition) is 0. The quantitative estimate of drug-likeness (QED) is 0.341. The first-order valence-electron chi connectivity index (χ1n) is 6.93. The number of alkyl halides is 1. The second-order valence-corrected chi connectivity index (χ2v) is 6.21. The Morgan fingerprint density at radius 1 is 1.55 bits per heavy atom. The van der Waals surface area contributed by atoms with Gasteiger partial charge in [-0.2, -0.15) is 0 Å². The van der Waals surface area contributed by atoms with Gasteiger partial charge in [-0.3, -0.25) is 0 Å².